The Morgan fingerprint density at radius 1 is 0.632 bits per heavy atom. The number of rotatable bonds is 16. The molecule has 0 aliphatic heterocycles. The molecule has 0 aliphatic carbocycles. The molecule has 0 bridgehead atoms. The summed E-state index contributed by atoms with van der Waals surface area (Å²) in [5.41, 5.74) is 0. The quantitative estimate of drug-likeness (QED) is 0.246. The molecule has 0 atom stereocenters. The van der Waals surface area contributed by atoms with Gasteiger partial charge in [0.15, 0.2) is 0 Å². The Labute approximate surface area is 117 Å². The molecule has 0 fully saturated rings. The van der Waals surface area contributed by atoms with Crippen molar-refractivity contribution in [2.24, 2.45) is 0 Å². The minimum Gasteiger partial charge on any atom is -0.379 e. The molecule has 0 aromatic heterocycles. The average molecular weight is 277 g/mol. The van der Waals surface area contributed by atoms with Crippen LogP contribution < -0.4 is 0 Å². The van der Waals surface area contributed by atoms with E-state index in [1.807, 2.05) is 6.92 Å². The van der Waals surface area contributed by atoms with E-state index in [0.29, 0.717) is 46.2 Å². The van der Waals surface area contributed by atoms with E-state index in [9.17, 15) is 0 Å². The van der Waals surface area contributed by atoms with Gasteiger partial charge in [-0.3, -0.25) is 0 Å². The van der Waals surface area contributed by atoms with Crippen LogP contribution >= 0.6 is 0 Å². The zero-order valence-electron chi connectivity index (χ0n) is 12.2. The van der Waals surface area contributed by atoms with E-state index >= 15 is 0 Å². The molecule has 0 amide bonds. The Morgan fingerprint density at radius 3 is 2.00 bits per heavy atom. The highest BCUT2D eigenvalue weighted by molar-refractivity contribution is 4.42. The Morgan fingerprint density at radius 2 is 1.26 bits per heavy atom. The van der Waals surface area contributed by atoms with Gasteiger partial charge in [-0.1, -0.05) is 12.8 Å². The van der Waals surface area contributed by atoms with Crippen molar-refractivity contribution < 1.29 is 24.0 Å². The molecule has 19 heavy (non-hydrogen) atoms. The second-order valence-corrected chi connectivity index (χ2v) is 3.98. The van der Waals surface area contributed by atoms with Gasteiger partial charge in [-0.2, -0.15) is 0 Å². The van der Waals surface area contributed by atoms with Crippen LogP contribution in [0.1, 0.15) is 32.6 Å². The van der Waals surface area contributed by atoms with Crippen molar-refractivity contribution in [1.82, 2.24) is 0 Å². The van der Waals surface area contributed by atoms with Crippen molar-refractivity contribution in [3.8, 4) is 0 Å². The third-order valence-corrected chi connectivity index (χ3v) is 2.38. The highest BCUT2D eigenvalue weighted by Gasteiger charge is 1.93. The first-order valence-corrected chi connectivity index (χ1v) is 7.18. The van der Waals surface area contributed by atoms with E-state index in [1.165, 1.54) is 0 Å². The molecule has 0 saturated carbocycles. The molecule has 0 N–H and O–H groups in total. The van der Waals surface area contributed by atoms with E-state index in [-0.39, 0.29) is 0 Å². The fourth-order valence-electron chi connectivity index (χ4n) is 1.40. The van der Waals surface area contributed by atoms with Crippen LogP contribution in [-0.2, 0) is 24.0 Å². The second kappa shape index (κ2) is 17.8. The summed E-state index contributed by atoms with van der Waals surface area (Å²) in [7, 11) is 0. The van der Waals surface area contributed by atoms with Gasteiger partial charge in [-0.25, -0.2) is 9.78 Å². The fraction of sp³-hybridized carbons (Fsp3) is 0.929. The Kier molecular flexibility index (Phi) is 17.6. The topological polar surface area (TPSA) is 46.2 Å². The Hall–Kier alpha value is -0.200. The lowest BCUT2D eigenvalue weighted by Gasteiger charge is -2.05. The highest BCUT2D eigenvalue weighted by atomic mass is 17.2. The average Bonchev–Trinajstić information content (AvgIpc) is 2.43. The predicted molar refractivity (Wildman–Crippen MR) is 73.9 cm³/mol. The van der Waals surface area contributed by atoms with Crippen LogP contribution in [0.5, 0.6) is 0 Å². The minimum absolute atomic E-state index is 0.497. The van der Waals surface area contributed by atoms with Gasteiger partial charge in [0, 0.05) is 19.8 Å². The molecule has 1 radical (unpaired) electrons. The van der Waals surface area contributed by atoms with Crippen molar-refractivity contribution >= 4 is 0 Å². The smallest absolute Gasteiger partial charge is 0.106 e. The highest BCUT2D eigenvalue weighted by Crippen LogP contribution is 2.00. The molecular weight excluding hydrogens is 248 g/mol. The first kappa shape index (κ1) is 18.8. The van der Waals surface area contributed by atoms with Gasteiger partial charge < -0.3 is 14.2 Å². The number of hydrogen-bond donors (Lipinski definition) is 0. The van der Waals surface area contributed by atoms with E-state index in [4.69, 9.17) is 24.0 Å². The molecule has 115 valence electrons. The molecule has 0 spiro atoms. The third kappa shape index (κ3) is 17.8. The number of ether oxygens (including phenoxy) is 3. The minimum atomic E-state index is 0.497. The Balaban J connectivity index is 2.88. The van der Waals surface area contributed by atoms with Crippen LogP contribution in [0.15, 0.2) is 0 Å². The largest absolute Gasteiger partial charge is 0.379 e. The maximum atomic E-state index is 5.40. The SMILES string of the molecule is [CH2]COCCOCCCCCCOOCCOCC. The molecule has 0 saturated heterocycles. The van der Waals surface area contributed by atoms with Crippen molar-refractivity contribution in [1.29, 1.82) is 0 Å². The van der Waals surface area contributed by atoms with Gasteiger partial charge >= 0.3 is 0 Å². The van der Waals surface area contributed by atoms with Crippen molar-refractivity contribution in [2.75, 3.05) is 52.9 Å². The summed E-state index contributed by atoms with van der Waals surface area (Å²) in [5.74, 6) is 0. The van der Waals surface area contributed by atoms with Crippen LogP contribution in [0.25, 0.3) is 0 Å². The van der Waals surface area contributed by atoms with Gasteiger partial charge in [-0.15, -0.1) is 0 Å². The van der Waals surface area contributed by atoms with Gasteiger partial charge in [-0.05, 0) is 26.7 Å². The first-order valence-electron chi connectivity index (χ1n) is 7.18. The van der Waals surface area contributed by atoms with E-state index in [1.54, 1.807) is 0 Å². The second-order valence-electron chi connectivity index (χ2n) is 3.98. The van der Waals surface area contributed by atoms with Crippen LogP contribution in [0.2, 0.25) is 0 Å². The molecule has 5 heteroatoms. The molecule has 0 aliphatic rings. The zero-order chi connectivity index (χ0) is 14.0. The zero-order valence-corrected chi connectivity index (χ0v) is 12.2. The summed E-state index contributed by atoms with van der Waals surface area (Å²) in [4.78, 5) is 9.97. The molecular formula is C14H29O5. The number of hydrogen-bond acceptors (Lipinski definition) is 5. The first-order chi connectivity index (χ1) is 9.41. The van der Waals surface area contributed by atoms with Gasteiger partial charge in [0.1, 0.15) is 6.61 Å². The predicted octanol–water partition coefficient (Wildman–Crippen LogP) is 2.40. The maximum Gasteiger partial charge on any atom is 0.106 e. The maximum absolute atomic E-state index is 5.40. The molecule has 0 aromatic rings. The summed E-state index contributed by atoms with van der Waals surface area (Å²) in [6, 6.07) is 0. The van der Waals surface area contributed by atoms with Crippen LogP contribution in [0, 0.1) is 6.92 Å². The standard InChI is InChI=1S/C14H29O5/c1-3-15-11-12-17-9-7-5-6-8-10-18-19-14-13-16-4-2/h1,3-14H2,2H3. The summed E-state index contributed by atoms with van der Waals surface area (Å²) in [5, 5.41) is 0. The van der Waals surface area contributed by atoms with Crippen LogP contribution in [-0.4, -0.2) is 52.9 Å². The summed E-state index contributed by atoms with van der Waals surface area (Å²) >= 11 is 0. The van der Waals surface area contributed by atoms with Crippen molar-refractivity contribution in [3.63, 3.8) is 0 Å². The van der Waals surface area contributed by atoms with Gasteiger partial charge in [0.05, 0.1) is 26.4 Å². The van der Waals surface area contributed by atoms with E-state index < -0.39 is 0 Å². The summed E-state index contributed by atoms with van der Waals surface area (Å²) in [6.45, 7) is 10.6. The van der Waals surface area contributed by atoms with Gasteiger partial charge in [0.25, 0.3) is 0 Å². The number of unbranched alkanes of at least 4 members (excludes halogenated alkanes) is 3. The molecule has 0 rings (SSSR count). The van der Waals surface area contributed by atoms with Crippen molar-refractivity contribution in [3.05, 3.63) is 6.92 Å². The van der Waals surface area contributed by atoms with Gasteiger partial charge in [0.2, 0.25) is 0 Å². The van der Waals surface area contributed by atoms with E-state index in [0.717, 1.165) is 32.3 Å². The lowest BCUT2D eigenvalue weighted by Crippen LogP contribution is -2.06. The third-order valence-electron chi connectivity index (χ3n) is 2.38. The van der Waals surface area contributed by atoms with Crippen LogP contribution in [0.3, 0.4) is 0 Å². The molecule has 5 nitrogen and oxygen atoms in total. The summed E-state index contributed by atoms with van der Waals surface area (Å²) in [6.07, 6.45) is 4.38. The summed E-state index contributed by atoms with van der Waals surface area (Å²) < 4.78 is 15.6. The molecule has 0 heterocycles. The molecule has 0 aromatic carbocycles. The lowest BCUT2D eigenvalue weighted by atomic mass is 10.2. The van der Waals surface area contributed by atoms with E-state index in [2.05, 4.69) is 6.92 Å². The normalized spacial score (nSPS) is 11.1. The lowest BCUT2D eigenvalue weighted by molar-refractivity contribution is -0.299. The fourth-order valence-corrected chi connectivity index (χ4v) is 1.40. The molecule has 0 unspecified atom stereocenters. The van der Waals surface area contributed by atoms with Crippen molar-refractivity contribution in [2.45, 2.75) is 32.6 Å². The van der Waals surface area contributed by atoms with Crippen LogP contribution in [0.4, 0.5) is 0 Å². The monoisotopic (exact) mass is 277 g/mol. The Bertz CT molecular complexity index is 139.